The van der Waals surface area contributed by atoms with Gasteiger partial charge in [-0.3, -0.25) is 0 Å². The van der Waals surface area contributed by atoms with Crippen molar-refractivity contribution in [2.45, 2.75) is 0 Å². The van der Waals surface area contributed by atoms with Crippen LogP contribution in [0.3, 0.4) is 0 Å². The summed E-state index contributed by atoms with van der Waals surface area (Å²) in [6, 6.07) is 47.5. The molecule has 5 aromatic rings. The number of hydrogen-bond donors (Lipinski definition) is 0. The molecule has 0 fully saturated rings. The predicted octanol–water partition coefficient (Wildman–Crippen LogP) is 9.33. The Labute approximate surface area is 243 Å². The van der Waals surface area contributed by atoms with Crippen molar-refractivity contribution < 1.29 is 0 Å². The Morgan fingerprint density at radius 1 is 0.525 bits per heavy atom. The van der Waals surface area contributed by atoms with E-state index in [9.17, 15) is 0 Å². The summed E-state index contributed by atoms with van der Waals surface area (Å²) in [5.41, 5.74) is 9.78. The van der Waals surface area contributed by atoms with Gasteiger partial charge in [-0.05, 0) is 0 Å². The van der Waals surface area contributed by atoms with Crippen LogP contribution in [0, 0.1) is 0 Å². The van der Waals surface area contributed by atoms with Gasteiger partial charge in [0.2, 0.25) is 0 Å². The van der Waals surface area contributed by atoms with Crippen LogP contribution in [0.25, 0.3) is 37.5 Å². The number of benzene rings is 4. The molecule has 0 spiro atoms. The topological polar surface area (TPSA) is 3.24 Å². The van der Waals surface area contributed by atoms with Gasteiger partial charge in [0.15, 0.2) is 0 Å². The van der Waals surface area contributed by atoms with Gasteiger partial charge in [0.1, 0.15) is 0 Å². The van der Waals surface area contributed by atoms with Crippen molar-refractivity contribution in [1.29, 1.82) is 0 Å². The van der Waals surface area contributed by atoms with Gasteiger partial charge in [0.25, 0.3) is 0 Å². The van der Waals surface area contributed by atoms with Crippen LogP contribution >= 0.6 is 0 Å². The fourth-order valence-electron chi connectivity index (χ4n) is 4.93. The van der Waals surface area contributed by atoms with Gasteiger partial charge < -0.3 is 0 Å². The third kappa shape index (κ3) is 5.89. The van der Waals surface area contributed by atoms with E-state index in [2.05, 4.69) is 176 Å². The molecule has 0 N–H and O–H groups in total. The zero-order valence-electron chi connectivity index (χ0n) is 22.4. The normalized spacial score (nSPS) is 13.2. The first-order chi connectivity index (χ1) is 19.7. The Bertz CT molecular complexity index is 1600. The minimum absolute atomic E-state index is 0.243. The zero-order valence-corrected chi connectivity index (χ0v) is 24.2. The fraction of sp³-hybridized carbons (Fsp3) is 0.0263. The van der Waals surface area contributed by atoms with Crippen molar-refractivity contribution >= 4 is 32.0 Å². The van der Waals surface area contributed by atoms with Gasteiger partial charge >= 0.3 is 232 Å². The van der Waals surface area contributed by atoms with E-state index in [1.54, 1.807) is 0 Å². The molecule has 40 heavy (non-hydrogen) atoms. The number of hydrogen-bond acceptors (Lipinski definition) is 1. The van der Waals surface area contributed by atoms with E-state index in [4.69, 9.17) is 0 Å². The van der Waals surface area contributed by atoms with Crippen LogP contribution in [0.1, 0.15) is 16.7 Å². The van der Waals surface area contributed by atoms with Gasteiger partial charge in [-0.1, -0.05) is 12.1 Å². The molecule has 2 heteroatoms. The summed E-state index contributed by atoms with van der Waals surface area (Å²) in [6.45, 7) is 0. The fourth-order valence-corrected chi connectivity index (χ4v) is 7.31. The second kappa shape index (κ2) is 12.1. The van der Waals surface area contributed by atoms with Crippen molar-refractivity contribution in [3.63, 3.8) is 0 Å². The van der Waals surface area contributed by atoms with Crippen LogP contribution in [-0.4, -0.2) is 26.5 Å². The molecule has 6 rings (SSSR count). The van der Waals surface area contributed by atoms with E-state index in [0.717, 1.165) is 0 Å². The SMILES string of the molecule is CN1C(c2ccccc2)=CC(=C/C=C/c2cc(-c3ccccc3)[se+]c(-c3ccccc3)c2)C=C1c1ccccc1. The van der Waals surface area contributed by atoms with Crippen LogP contribution in [0.5, 0.6) is 0 Å². The van der Waals surface area contributed by atoms with Gasteiger partial charge in [-0.25, -0.2) is 0 Å². The summed E-state index contributed by atoms with van der Waals surface area (Å²) in [6.07, 6.45) is 11.2. The first kappa shape index (κ1) is 25.8. The summed E-state index contributed by atoms with van der Waals surface area (Å²) in [5, 5.41) is 0. The molecular weight excluding hydrogens is 549 g/mol. The monoisotopic (exact) mass is 580 g/mol. The molecule has 1 nitrogen and oxygen atoms in total. The Morgan fingerprint density at radius 2 is 0.925 bits per heavy atom. The number of allylic oxidation sites excluding steroid dienone is 5. The summed E-state index contributed by atoms with van der Waals surface area (Å²) >= 11 is 0.243. The Morgan fingerprint density at radius 3 is 1.35 bits per heavy atom. The molecule has 2 heterocycles. The molecule has 1 aliphatic heterocycles. The minimum atomic E-state index is 0.243. The Kier molecular flexibility index (Phi) is 7.82. The third-order valence-electron chi connectivity index (χ3n) is 6.98. The summed E-state index contributed by atoms with van der Waals surface area (Å²) in [5.74, 6) is 0. The van der Waals surface area contributed by atoms with Crippen molar-refractivity contribution in [2.75, 3.05) is 7.05 Å². The molecule has 0 aliphatic carbocycles. The maximum absolute atomic E-state index is 2.35. The van der Waals surface area contributed by atoms with E-state index < -0.39 is 0 Å². The Balaban J connectivity index is 1.39. The number of nitrogens with zero attached hydrogens (tertiary/aromatic N) is 1. The molecule has 0 unspecified atom stereocenters. The van der Waals surface area contributed by atoms with E-state index in [1.807, 2.05) is 0 Å². The summed E-state index contributed by atoms with van der Waals surface area (Å²) < 4.78 is 2.80. The van der Waals surface area contributed by atoms with E-state index in [0.29, 0.717) is 0 Å². The first-order valence-electron chi connectivity index (χ1n) is 13.5. The van der Waals surface area contributed by atoms with Crippen molar-refractivity contribution in [2.24, 2.45) is 0 Å². The van der Waals surface area contributed by atoms with E-state index >= 15 is 0 Å². The molecule has 1 aromatic heterocycles. The predicted molar refractivity (Wildman–Crippen MR) is 172 cm³/mol. The summed E-state index contributed by atoms with van der Waals surface area (Å²) in [4.78, 5) is 2.29. The van der Waals surface area contributed by atoms with Gasteiger partial charge in [0.05, 0.1) is 0 Å². The van der Waals surface area contributed by atoms with Crippen molar-refractivity contribution in [3.05, 3.63) is 180 Å². The van der Waals surface area contributed by atoms with Gasteiger partial charge in [-0.15, -0.1) is 0 Å². The van der Waals surface area contributed by atoms with Gasteiger partial charge in [-0.2, -0.15) is 0 Å². The average molecular weight is 580 g/mol. The Hall–Kier alpha value is -4.49. The third-order valence-corrected chi connectivity index (χ3v) is 9.38. The quantitative estimate of drug-likeness (QED) is 0.181. The molecule has 0 atom stereocenters. The molecule has 0 amide bonds. The maximum atomic E-state index is 2.35. The molecule has 0 bridgehead atoms. The molecule has 4 aromatic carbocycles. The summed E-state index contributed by atoms with van der Waals surface area (Å²) in [7, 11) is 2.15. The van der Waals surface area contributed by atoms with E-state index in [-0.39, 0.29) is 14.5 Å². The van der Waals surface area contributed by atoms with Crippen molar-refractivity contribution in [1.82, 2.24) is 4.90 Å². The molecule has 192 valence electrons. The van der Waals surface area contributed by atoms with Crippen LogP contribution in [0.4, 0.5) is 0 Å². The number of rotatable bonds is 6. The van der Waals surface area contributed by atoms with E-state index in [1.165, 1.54) is 53.7 Å². The average Bonchev–Trinajstić information content (AvgIpc) is 3.03. The van der Waals surface area contributed by atoms with Crippen LogP contribution in [0.2, 0.25) is 0 Å². The molecular formula is C38H30NSe+. The van der Waals surface area contributed by atoms with Crippen LogP contribution in [-0.2, 0) is 0 Å². The second-order valence-corrected chi connectivity index (χ2v) is 12.0. The van der Waals surface area contributed by atoms with Crippen molar-refractivity contribution in [3.8, 4) is 20.0 Å². The molecule has 0 saturated carbocycles. The zero-order chi connectivity index (χ0) is 27.1. The van der Waals surface area contributed by atoms with Gasteiger partial charge in [0, 0.05) is 0 Å². The molecule has 0 radical (unpaired) electrons. The second-order valence-electron chi connectivity index (χ2n) is 9.73. The van der Waals surface area contributed by atoms with Crippen LogP contribution in [0.15, 0.2) is 163 Å². The molecule has 1 aliphatic rings. The first-order valence-corrected chi connectivity index (χ1v) is 15.2. The van der Waals surface area contributed by atoms with Crippen LogP contribution < -0.4 is 0 Å². The molecule has 0 saturated heterocycles. The standard InChI is InChI=1S/C38H30NSe/c1-39-35(31-17-6-2-7-18-31)25-29(26-36(39)32-19-8-3-9-20-32)15-14-16-30-27-37(33-21-10-4-11-22-33)40-38(28-30)34-23-12-5-13-24-34/h2-28H,1H3/q+1/b16-14+.